The van der Waals surface area contributed by atoms with Gasteiger partial charge in [0.2, 0.25) is 0 Å². The van der Waals surface area contributed by atoms with Crippen molar-refractivity contribution in [1.82, 2.24) is 0 Å². The highest BCUT2D eigenvalue weighted by Gasteiger charge is 2.32. The second-order valence-electron chi connectivity index (χ2n) is 7.55. The summed E-state index contributed by atoms with van der Waals surface area (Å²) in [5, 5.41) is 0.263. The number of halogens is 1. The average molecular weight is 309 g/mol. The first-order valence-corrected chi connectivity index (χ1v) is 8.61. The predicted octanol–water partition coefficient (Wildman–Crippen LogP) is 5.70. The summed E-state index contributed by atoms with van der Waals surface area (Å²) in [4.78, 5) is 0. The summed E-state index contributed by atoms with van der Waals surface area (Å²) >= 11 is 6.70. The first-order valence-electron chi connectivity index (χ1n) is 8.17. The van der Waals surface area contributed by atoms with E-state index in [9.17, 15) is 0 Å². The molecule has 1 fully saturated rings. The number of rotatable bonds is 4. The third-order valence-corrected chi connectivity index (χ3v) is 5.61. The molecule has 0 bridgehead atoms. The second-order valence-corrected chi connectivity index (χ2v) is 8.11. The molecule has 1 unspecified atom stereocenters. The van der Waals surface area contributed by atoms with Crippen molar-refractivity contribution >= 4 is 11.6 Å². The van der Waals surface area contributed by atoms with E-state index in [-0.39, 0.29) is 5.38 Å². The van der Waals surface area contributed by atoms with Crippen LogP contribution in [0, 0.1) is 17.3 Å². The largest absolute Gasteiger partial charge is 0.497 e. The summed E-state index contributed by atoms with van der Waals surface area (Å²) in [5.74, 6) is 2.45. The number of benzene rings is 1. The van der Waals surface area contributed by atoms with E-state index in [0.29, 0.717) is 11.3 Å². The molecular weight excluding hydrogens is 280 g/mol. The number of methoxy groups -OCH3 is 1. The number of ether oxygens (including phenoxy) is 1. The van der Waals surface area contributed by atoms with Crippen LogP contribution in [0.15, 0.2) is 24.3 Å². The maximum Gasteiger partial charge on any atom is 0.118 e. The summed E-state index contributed by atoms with van der Waals surface area (Å²) in [7, 11) is 1.70. The molecule has 1 saturated carbocycles. The highest BCUT2D eigenvalue weighted by molar-refractivity contribution is 6.20. The Morgan fingerprint density at radius 3 is 2.14 bits per heavy atom. The van der Waals surface area contributed by atoms with Crippen LogP contribution in [0.5, 0.6) is 5.75 Å². The number of hydrogen-bond acceptors (Lipinski definition) is 1. The summed E-state index contributed by atoms with van der Waals surface area (Å²) in [5.41, 5.74) is 1.76. The maximum atomic E-state index is 6.70. The smallest absolute Gasteiger partial charge is 0.118 e. The zero-order valence-corrected chi connectivity index (χ0v) is 14.6. The minimum Gasteiger partial charge on any atom is -0.497 e. The first-order chi connectivity index (χ1) is 9.90. The fourth-order valence-corrected chi connectivity index (χ4v) is 3.93. The zero-order valence-electron chi connectivity index (χ0n) is 13.9. The van der Waals surface area contributed by atoms with Gasteiger partial charge >= 0.3 is 0 Å². The van der Waals surface area contributed by atoms with Gasteiger partial charge in [-0.2, -0.15) is 0 Å². The van der Waals surface area contributed by atoms with Crippen LogP contribution in [0.4, 0.5) is 0 Å². The van der Waals surface area contributed by atoms with Gasteiger partial charge in [0.25, 0.3) is 0 Å². The molecule has 0 N–H and O–H groups in total. The summed E-state index contributed by atoms with van der Waals surface area (Å²) in [6, 6.07) is 8.31. The molecule has 0 heterocycles. The Hall–Kier alpha value is -0.690. The predicted molar refractivity (Wildman–Crippen MR) is 91.2 cm³/mol. The standard InChI is InChI=1S/C19H29ClO/c1-19(2,3)16-9-7-15(8-10-16)18(20)13-14-5-11-17(21-4)12-6-14/h5-6,11-12,15-16,18H,7-10,13H2,1-4H3. The quantitative estimate of drug-likeness (QED) is 0.648. The third kappa shape index (κ3) is 4.64. The van der Waals surface area contributed by atoms with Gasteiger partial charge in [-0.25, -0.2) is 0 Å². The lowest BCUT2D eigenvalue weighted by molar-refractivity contribution is 0.148. The topological polar surface area (TPSA) is 9.23 Å². The van der Waals surface area contributed by atoms with E-state index in [4.69, 9.17) is 16.3 Å². The van der Waals surface area contributed by atoms with Gasteiger partial charge in [0, 0.05) is 5.38 Å². The minimum atomic E-state index is 0.263. The number of alkyl halides is 1. The highest BCUT2D eigenvalue weighted by Crippen LogP contribution is 2.42. The molecule has 0 saturated heterocycles. The maximum absolute atomic E-state index is 6.70. The van der Waals surface area contributed by atoms with Gasteiger partial charge in [-0.1, -0.05) is 32.9 Å². The molecule has 118 valence electrons. The van der Waals surface area contributed by atoms with E-state index in [1.54, 1.807) is 7.11 Å². The molecule has 1 aliphatic carbocycles. The van der Waals surface area contributed by atoms with Gasteiger partial charge in [-0.05, 0) is 67.1 Å². The second kappa shape index (κ2) is 7.05. The van der Waals surface area contributed by atoms with Crippen molar-refractivity contribution in [3.05, 3.63) is 29.8 Å². The van der Waals surface area contributed by atoms with E-state index in [2.05, 4.69) is 32.9 Å². The Balaban J connectivity index is 1.85. The highest BCUT2D eigenvalue weighted by atomic mass is 35.5. The van der Waals surface area contributed by atoms with Crippen molar-refractivity contribution in [1.29, 1.82) is 0 Å². The Labute approximate surface area is 135 Å². The molecule has 2 rings (SSSR count). The normalized spacial score (nSPS) is 24.6. The molecule has 0 aromatic heterocycles. The molecule has 0 aliphatic heterocycles. The van der Waals surface area contributed by atoms with Gasteiger partial charge in [0.1, 0.15) is 5.75 Å². The van der Waals surface area contributed by atoms with Gasteiger partial charge in [-0.15, -0.1) is 11.6 Å². The lowest BCUT2D eigenvalue weighted by Gasteiger charge is -2.38. The van der Waals surface area contributed by atoms with Gasteiger partial charge in [0.05, 0.1) is 7.11 Å². The van der Waals surface area contributed by atoms with Crippen molar-refractivity contribution in [2.75, 3.05) is 7.11 Å². The third-order valence-electron chi connectivity index (χ3n) is 5.10. The van der Waals surface area contributed by atoms with Crippen LogP contribution < -0.4 is 4.74 Å². The summed E-state index contributed by atoms with van der Waals surface area (Å²) in [6.07, 6.45) is 6.20. The average Bonchev–Trinajstić information content (AvgIpc) is 2.47. The molecule has 0 amide bonds. The van der Waals surface area contributed by atoms with Crippen LogP contribution in [0.3, 0.4) is 0 Å². The van der Waals surface area contributed by atoms with Gasteiger partial charge < -0.3 is 4.74 Å². The Morgan fingerprint density at radius 2 is 1.67 bits per heavy atom. The Kier molecular flexibility index (Phi) is 5.60. The molecule has 2 heteroatoms. The Bertz CT molecular complexity index is 424. The molecule has 21 heavy (non-hydrogen) atoms. The van der Waals surface area contributed by atoms with Crippen LogP contribution in [0.2, 0.25) is 0 Å². The van der Waals surface area contributed by atoms with E-state index < -0.39 is 0 Å². The van der Waals surface area contributed by atoms with Crippen molar-refractivity contribution < 1.29 is 4.74 Å². The molecule has 1 aromatic rings. The van der Waals surface area contributed by atoms with E-state index in [0.717, 1.165) is 18.1 Å². The summed E-state index contributed by atoms with van der Waals surface area (Å²) < 4.78 is 5.20. The monoisotopic (exact) mass is 308 g/mol. The molecule has 1 aliphatic rings. The number of hydrogen-bond donors (Lipinski definition) is 0. The molecule has 0 radical (unpaired) electrons. The van der Waals surface area contributed by atoms with Crippen LogP contribution >= 0.6 is 11.6 Å². The van der Waals surface area contributed by atoms with E-state index >= 15 is 0 Å². The van der Waals surface area contributed by atoms with Crippen LogP contribution in [-0.2, 0) is 6.42 Å². The van der Waals surface area contributed by atoms with Crippen LogP contribution in [0.1, 0.15) is 52.0 Å². The van der Waals surface area contributed by atoms with Gasteiger partial charge in [-0.3, -0.25) is 0 Å². The van der Waals surface area contributed by atoms with Crippen molar-refractivity contribution in [3.8, 4) is 5.75 Å². The molecule has 1 aromatic carbocycles. The fourth-order valence-electron chi connectivity index (χ4n) is 3.50. The fraction of sp³-hybridized carbons (Fsp3) is 0.684. The van der Waals surface area contributed by atoms with Crippen molar-refractivity contribution in [2.45, 2.75) is 58.3 Å². The molecule has 1 atom stereocenters. The lowest BCUT2D eigenvalue weighted by Crippen LogP contribution is -2.29. The zero-order chi connectivity index (χ0) is 15.5. The molecule has 1 nitrogen and oxygen atoms in total. The SMILES string of the molecule is COc1ccc(CC(Cl)C2CCC(C(C)(C)C)CC2)cc1. The molecular formula is C19H29ClO. The Morgan fingerprint density at radius 1 is 1.10 bits per heavy atom. The van der Waals surface area contributed by atoms with E-state index in [1.807, 2.05) is 12.1 Å². The van der Waals surface area contributed by atoms with Gasteiger partial charge in [0.15, 0.2) is 0 Å². The minimum absolute atomic E-state index is 0.263. The van der Waals surface area contributed by atoms with Crippen molar-refractivity contribution in [2.24, 2.45) is 17.3 Å². The first kappa shape index (κ1) is 16.7. The van der Waals surface area contributed by atoms with Crippen molar-refractivity contribution in [3.63, 3.8) is 0 Å². The lowest BCUT2D eigenvalue weighted by atomic mass is 9.69. The van der Waals surface area contributed by atoms with E-state index in [1.165, 1.54) is 31.2 Å². The summed E-state index contributed by atoms with van der Waals surface area (Å²) in [6.45, 7) is 7.11. The molecule has 0 spiro atoms. The van der Waals surface area contributed by atoms with Crippen LogP contribution in [-0.4, -0.2) is 12.5 Å². The van der Waals surface area contributed by atoms with Crippen LogP contribution in [0.25, 0.3) is 0 Å².